The summed E-state index contributed by atoms with van der Waals surface area (Å²) in [7, 11) is -1.38. The molecule has 1 aliphatic carbocycles. The van der Waals surface area contributed by atoms with Gasteiger partial charge in [-0.25, -0.2) is 8.42 Å². The van der Waals surface area contributed by atoms with Crippen molar-refractivity contribution >= 4 is 15.6 Å². The monoisotopic (exact) mass is 276 g/mol. The Balaban J connectivity index is 2.48. The maximum absolute atomic E-state index is 12.2. The SMILES string of the molecule is CCS(=O)(=O)CCCC(=O)C1(OC)CCCCC1. The van der Waals surface area contributed by atoms with Gasteiger partial charge >= 0.3 is 0 Å². The van der Waals surface area contributed by atoms with Gasteiger partial charge in [0.1, 0.15) is 15.4 Å². The third kappa shape index (κ3) is 4.05. The maximum atomic E-state index is 12.2. The molecule has 0 radical (unpaired) electrons. The zero-order valence-electron chi connectivity index (χ0n) is 11.4. The van der Waals surface area contributed by atoms with Crippen LogP contribution in [0, 0.1) is 0 Å². The number of methoxy groups -OCH3 is 1. The molecule has 0 heterocycles. The first-order valence-corrected chi connectivity index (χ1v) is 8.57. The summed E-state index contributed by atoms with van der Waals surface area (Å²) in [6.45, 7) is 1.63. The van der Waals surface area contributed by atoms with Crippen molar-refractivity contribution in [1.82, 2.24) is 0 Å². The van der Waals surface area contributed by atoms with Crippen molar-refractivity contribution in [3.05, 3.63) is 0 Å². The summed E-state index contributed by atoms with van der Waals surface area (Å²) in [6.07, 6.45) is 5.49. The van der Waals surface area contributed by atoms with Gasteiger partial charge in [-0.2, -0.15) is 0 Å². The summed E-state index contributed by atoms with van der Waals surface area (Å²) in [5.74, 6) is 0.335. The van der Waals surface area contributed by atoms with Crippen LogP contribution in [-0.2, 0) is 19.4 Å². The maximum Gasteiger partial charge on any atom is 0.164 e. The molecule has 0 unspecified atom stereocenters. The van der Waals surface area contributed by atoms with Gasteiger partial charge in [-0.3, -0.25) is 4.79 Å². The highest BCUT2D eigenvalue weighted by Gasteiger charge is 2.38. The number of carbonyl (C=O) groups is 1. The third-order valence-corrected chi connectivity index (χ3v) is 5.65. The quantitative estimate of drug-likeness (QED) is 0.714. The molecule has 0 saturated heterocycles. The predicted octanol–water partition coefficient (Wildman–Crippen LogP) is 2.12. The molecule has 0 bridgehead atoms. The average Bonchev–Trinajstić information content (AvgIpc) is 2.39. The zero-order valence-corrected chi connectivity index (χ0v) is 12.2. The minimum absolute atomic E-state index is 0.0796. The number of hydrogen-bond donors (Lipinski definition) is 0. The standard InChI is InChI=1S/C13H24O4S/c1-3-18(15,16)11-7-8-12(14)13(17-2)9-5-4-6-10-13/h3-11H2,1-2H3. The van der Waals surface area contributed by atoms with Crippen LogP contribution in [-0.4, -0.2) is 38.4 Å². The van der Waals surface area contributed by atoms with Crippen LogP contribution < -0.4 is 0 Å². The minimum atomic E-state index is -2.97. The van der Waals surface area contributed by atoms with Crippen molar-refractivity contribution in [1.29, 1.82) is 0 Å². The second-order valence-electron chi connectivity index (χ2n) is 5.02. The molecule has 5 heteroatoms. The second kappa shape index (κ2) is 6.66. The zero-order chi connectivity index (χ0) is 13.6. The predicted molar refractivity (Wildman–Crippen MR) is 71.4 cm³/mol. The lowest BCUT2D eigenvalue weighted by Gasteiger charge is -2.34. The van der Waals surface area contributed by atoms with E-state index in [0.29, 0.717) is 12.8 Å². The van der Waals surface area contributed by atoms with Crippen LogP contribution >= 0.6 is 0 Å². The fraction of sp³-hybridized carbons (Fsp3) is 0.923. The summed E-state index contributed by atoms with van der Waals surface area (Å²) < 4.78 is 28.2. The third-order valence-electron chi connectivity index (χ3n) is 3.86. The van der Waals surface area contributed by atoms with Crippen molar-refractivity contribution < 1.29 is 17.9 Å². The van der Waals surface area contributed by atoms with E-state index in [1.165, 1.54) is 0 Å². The molecule has 1 aliphatic rings. The molecule has 0 aliphatic heterocycles. The van der Waals surface area contributed by atoms with E-state index in [0.717, 1.165) is 32.1 Å². The molecule has 0 aromatic heterocycles. The number of ether oxygens (including phenoxy) is 1. The first-order valence-electron chi connectivity index (χ1n) is 6.74. The molecule has 0 aromatic rings. The molecule has 18 heavy (non-hydrogen) atoms. The van der Waals surface area contributed by atoms with E-state index >= 15 is 0 Å². The Hall–Kier alpha value is -0.420. The van der Waals surface area contributed by atoms with Gasteiger partial charge in [0, 0.05) is 19.3 Å². The fourth-order valence-electron chi connectivity index (χ4n) is 2.54. The van der Waals surface area contributed by atoms with E-state index in [9.17, 15) is 13.2 Å². The first-order chi connectivity index (χ1) is 8.46. The van der Waals surface area contributed by atoms with Gasteiger partial charge in [0.2, 0.25) is 0 Å². The molecule has 1 rings (SSSR count). The lowest BCUT2D eigenvalue weighted by atomic mass is 9.80. The summed E-state index contributed by atoms with van der Waals surface area (Å²) in [5.41, 5.74) is -0.631. The highest BCUT2D eigenvalue weighted by Crippen LogP contribution is 2.33. The van der Waals surface area contributed by atoms with Crippen molar-refractivity contribution in [3.8, 4) is 0 Å². The van der Waals surface area contributed by atoms with E-state index in [-0.39, 0.29) is 17.3 Å². The van der Waals surface area contributed by atoms with E-state index in [2.05, 4.69) is 0 Å². The lowest BCUT2D eigenvalue weighted by molar-refractivity contribution is -0.145. The highest BCUT2D eigenvalue weighted by molar-refractivity contribution is 7.91. The Kier molecular flexibility index (Phi) is 5.79. The molecule has 0 amide bonds. The summed E-state index contributed by atoms with van der Waals surface area (Å²) in [4.78, 5) is 12.2. The number of rotatable bonds is 7. The Bertz CT molecular complexity index is 366. The van der Waals surface area contributed by atoms with Crippen LogP contribution in [0.2, 0.25) is 0 Å². The molecular weight excluding hydrogens is 252 g/mol. The first kappa shape index (κ1) is 15.6. The molecule has 0 spiro atoms. The Morgan fingerprint density at radius 3 is 2.33 bits per heavy atom. The van der Waals surface area contributed by atoms with Gasteiger partial charge in [0.15, 0.2) is 5.78 Å². The molecule has 106 valence electrons. The van der Waals surface area contributed by atoms with Gasteiger partial charge in [-0.15, -0.1) is 0 Å². The van der Waals surface area contributed by atoms with Crippen LogP contribution in [0.3, 0.4) is 0 Å². The Morgan fingerprint density at radius 2 is 1.83 bits per heavy atom. The van der Waals surface area contributed by atoms with Gasteiger partial charge in [-0.1, -0.05) is 26.2 Å². The molecule has 0 aromatic carbocycles. The summed E-state index contributed by atoms with van der Waals surface area (Å²) in [6, 6.07) is 0. The van der Waals surface area contributed by atoms with Gasteiger partial charge in [0.25, 0.3) is 0 Å². The largest absolute Gasteiger partial charge is 0.370 e. The molecule has 1 fully saturated rings. The van der Waals surface area contributed by atoms with Crippen molar-refractivity contribution in [2.45, 2.75) is 57.5 Å². The van der Waals surface area contributed by atoms with Crippen LogP contribution in [0.15, 0.2) is 0 Å². The number of ketones is 1. The smallest absolute Gasteiger partial charge is 0.164 e. The van der Waals surface area contributed by atoms with Crippen LogP contribution in [0.4, 0.5) is 0 Å². The van der Waals surface area contributed by atoms with Crippen molar-refractivity contribution in [3.63, 3.8) is 0 Å². The van der Waals surface area contributed by atoms with Crippen LogP contribution in [0.5, 0.6) is 0 Å². The lowest BCUT2D eigenvalue weighted by Crippen LogP contribution is -2.42. The number of carbonyl (C=O) groups excluding carboxylic acids is 1. The Labute approximate surface area is 110 Å². The average molecular weight is 276 g/mol. The normalized spacial score (nSPS) is 19.7. The van der Waals surface area contributed by atoms with E-state index in [1.54, 1.807) is 14.0 Å². The number of sulfone groups is 1. The van der Waals surface area contributed by atoms with Crippen molar-refractivity contribution in [2.75, 3.05) is 18.6 Å². The van der Waals surface area contributed by atoms with E-state index in [1.807, 2.05) is 0 Å². The van der Waals surface area contributed by atoms with E-state index in [4.69, 9.17) is 4.74 Å². The van der Waals surface area contributed by atoms with Gasteiger partial charge < -0.3 is 4.74 Å². The van der Waals surface area contributed by atoms with Crippen LogP contribution in [0.1, 0.15) is 51.9 Å². The summed E-state index contributed by atoms with van der Waals surface area (Å²) >= 11 is 0. The Morgan fingerprint density at radius 1 is 1.22 bits per heavy atom. The van der Waals surface area contributed by atoms with E-state index < -0.39 is 15.4 Å². The highest BCUT2D eigenvalue weighted by atomic mass is 32.2. The minimum Gasteiger partial charge on any atom is -0.370 e. The topological polar surface area (TPSA) is 60.4 Å². The molecule has 0 atom stereocenters. The molecule has 0 N–H and O–H groups in total. The number of Topliss-reactive ketones (excluding diaryl/α,β-unsaturated/α-hetero) is 1. The van der Waals surface area contributed by atoms with Gasteiger partial charge in [0.05, 0.1) is 5.75 Å². The van der Waals surface area contributed by atoms with Gasteiger partial charge in [-0.05, 0) is 19.3 Å². The molecule has 1 saturated carbocycles. The summed E-state index contributed by atoms with van der Waals surface area (Å²) in [5, 5.41) is 0. The molecule has 4 nitrogen and oxygen atoms in total. The molecular formula is C13H24O4S. The fourth-order valence-corrected chi connectivity index (χ4v) is 3.42. The second-order valence-corrected chi connectivity index (χ2v) is 7.49. The van der Waals surface area contributed by atoms with Crippen LogP contribution in [0.25, 0.3) is 0 Å². The number of hydrogen-bond acceptors (Lipinski definition) is 4. The van der Waals surface area contributed by atoms with Crippen molar-refractivity contribution in [2.24, 2.45) is 0 Å².